The van der Waals surface area contributed by atoms with Crippen LogP contribution >= 0.6 is 0 Å². The third-order valence-electron chi connectivity index (χ3n) is 5.52. The van der Waals surface area contributed by atoms with Crippen LogP contribution in [0.1, 0.15) is 51.5 Å². The van der Waals surface area contributed by atoms with Crippen molar-refractivity contribution in [1.82, 2.24) is 10.3 Å². The fourth-order valence-corrected chi connectivity index (χ4v) is 3.63. The summed E-state index contributed by atoms with van der Waals surface area (Å²) in [6, 6.07) is 15.6. The summed E-state index contributed by atoms with van der Waals surface area (Å²) in [7, 11) is 0. The number of carbonyl (C=O) groups is 1. The number of benzene rings is 2. The minimum absolute atomic E-state index is 0.530. The Morgan fingerprint density at radius 2 is 1.94 bits per heavy atom. The largest absolute Gasteiger partial charge is 0.478 e. The number of para-hydroxylation sites is 2. The van der Waals surface area contributed by atoms with Crippen molar-refractivity contribution in [2.24, 2.45) is 5.92 Å². The lowest BCUT2D eigenvalue weighted by Crippen LogP contribution is -2.37. The van der Waals surface area contributed by atoms with Crippen LogP contribution < -0.4 is 10.1 Å². The summed E-state index contributed by atoms with van der Waals surface area (Å²) in [6.45, 7) is 7.30. The second-order valence-electron chi connectivity index (χ2n) is 8.95. The van der Waals surface area contributed by atoms with E-state index in [1.165, 1.54) is 0 Å². The second kappa shape index (κ2) is 11.1. The normalized spacial score (nSPS) is 12.7. The first kappa shape index (κ1) is 23.8. The maximum absolute atomic E-state index is 11.2. The molecule has 0 saturated carbocycles. The van der Waals surface area contributed by atoms with Gasteiger partial charge in [0.15, 0.2) is 17.1 Å². The standard InChI is InChI=1S/C26H34N2O4/c1-19(17-24-28-22-13-4-5-14-23(22)31-24)9-7-15-27-16-8-11-20-10-6-12-21(18-20)32-26(2,3)25(29)30/h4-6,10,12-14,18-19,27H,7-9,11,15-17H2,1-3H3,(H,29,30). The van der Waals surface area contributed by atoms with Crippen LogP contribution in [-0.4, -0.2) is 34.8 Å². The van der Waals surface area contributed by atoms with Gasteiger partial charge < -0.3 is 19.6 Å². The average molecular weight is 439 g/mol. The smallest absolute Gasteiger partial charge is 0.347 e. The van der Waals surface area contributed by atoms with E-state index in [2.05, 4.69) is 23.3 Å². The molecule has 1 unspecified atom stereocenters. The first-order valence-corrected chi connectivity index (χ1v) is 11.4. The van der Waals surface area contributed by atoms with Crippen molar-refractivity contribution in [3.63, 3.8) is 0 Å². The number of aliphatic carboxylic acids is 1. The summed E-state index contributed by atoms with van der Waals surface area (Å²) in [4.78, 5) is 15.8. The highest BCUT2D eigenvalue weighted by Crippen LogP contribution is 2.21. The molecule has 1 aromatic heterocycles. The number of oxazole rings is 1. The molecule has 0 radical (unpaired) electrons. The van der Waals surface area contributed by atoms with Gasteiger partial charge in [0.05, 0.1) is 0 Å². The van der Waals surface area contributed by atoms with Gasteiger partial charge in [0.1, 0.15) is 11.3 Å². The number of aryl methyl sites for hydroxylation is 1. The summed E-state index contributed by atoms with van der Waals surface area (Å²) in [5, 5.41) is 12.7. The monoisotopic (exact) mass is 438 g/mol. The number of fused-ring (bicyclic) bond motifs is 1. The van der Waals surface area contributed by atoms with Crippen LogP contribution in [0.15, 0.2) is 52.9 Å². The zero-order chi connectivity index (χ0) is 23.0. The molecule has 32 heavy (non-hydrogen) atoms. The lowest BCUT2D eigenvalue weighted by atomic mass is 10.0. The van der Waals surface area contributed by atoms with Crippen LogP contribution in [0, 0.1) is 5.92 Å². The molecule has 3 aromatic rings. The van der Waals surface area contributed by atoms with Crippen molar-refractivity contribution in [1.29, 1.82) is 0 Å². The zero-order valence-electron chi connectivity index (χ0n) is 19.3. The molecule has 6 nitrogen and oxygen atoms in total. The maximum Gasteiger partial charge on any atom is 0.347 e. The first-order chi connectivity index (χ1) is 15.3. The molecule has 0 saturated heterocycles. The van der Waals surface area contributed by atoms with Crippen molar-refractivity contribution in [2.75, 3.05) is 13.1 Å². The van der Waals surface area contributed by atoms with Crippen LogP contribution in [0.3, 0.4) is 0 Å². The number of hydrogen-bond donors (Lipinski definition) is 2. The highest BCUT2D eigenvalue weighted by atomic mass is 16.5. The molecule has 0 aliphatic rings. The molecule has 0 bridgehead atoms. The van der Waals surface area contributed by atoms with E-state index in [0.29, 0.717) is 11.7 Å². The molecule has 0 amide bonds. The van der Waals surface area contributed by atoms with Crippen molar-refractivity contribution < 1.29 is 19.1 Å². The highest BCUT2D eigenvalue weighted by Gasteiger charge is 2.29. The van der Waals surface area contributed by atoms with Crippen molar-refractivity contribution in [2.45, 2.75) is 58.5 Å². The first-order valence-electron chi connectivity index (χ1n) is 11.4. The van der Waals surface area contributed by atoms with Gasteiger partial charge in [-0.1, -0.05) is 31.2 Å². The van der Waals surface area contributed by atoms with Crippen molar-refractivity contribution in [3.8, 4) is 5.75 Å². The summed E-state index contributed by atoms with van der Waals surface area (Å²) < 4.78 is 11.4. The molecule has 0 aliphatic heterocycles. The third-order valence-corrected chi connectivity index (χ3v) is 5.52. The summed E-state index contributed by atoms with van der Waals surface area (Å²) in [5.74, 6) is 0.971. The zero-order valence-corrected chi connectivity index (χ0v) is 19.3. The van der Waals surface area contributed by atoms with E-state index in [1.807, 2.05) is 36.4 Å². The molecule has 0 fully saturated rings. The molecule has 6 heteroatoms. The Kier molecular flexibility index (Phi) is 8.28. The van der Waals surface area contributed by atoms with E-state index in [4.69, 9.17) is 9.15 Å². The molecule has 2 N–H and O–H groups in total. The molecular formula is C26H34N2O4. The van der Waals surface area contributed by atoms with E-state index in [0.717, 1.165) is 67.7 Å². The fourth-order valence-electron chi connectivity index (χ4n) is 3.63. The lowest BCUT2D eigenvalue weighted by molar-refractivity contribution is -0.152. The molecule has 1 heterocycles. The van der Waals surface area contributed by atoms with Crippen LogP contribution in [-0.2, 0) is 17.6 Å². The lowest BCUT2D eigenvalue weighted by Gasteiger charge is -2.21. The molecule has 2 aromatic carbocycles. The Balaban J connectivity index is 1.30. The van der Waals surface area contributed by atoms with Crippen LogP contribution in [0.25, 0.3) is 11.1 Å². The van der Waals surface area contributed by atoms with E-state index in [9.17, 15) is 9.90 Å². The minimum atomic E-state index is -1.24. The summed E-state index contributed by atoms with van der Waals surface area (Å²) in [5.41, 5.74) is 1.70. The maximum atomic E-state index is 11.2. The van der Waals surface area contributed by atoms with Crippen molar-refractivity contribution in [3.05, 3.63) is 60.0 Å². The number of hydrogen-bond acceptors (Lipinski definition) is 5. The quantitative estimate of drug-likeness (QED) is 0.355. The highest BCUT2D eigenvalue weighted by molar-refractivity contribution is 5.76. The van der Waals surface area contributed by atoms with Gasteiger partial charge in [0, 0.05) is 6.42 Å². The SMILES string of the molecule is CC(CCCNCCCc1cccc(OC(C)(C)C(=O)O)c1)Cc1nc2ccccc2o1. The number of rotatable bonds is 13. The number of carboxylic acid groups (broad SMARTS) is 1. The Hall–Kier alpha value is -2.86. The van der Waals surface area contributed by atoms with Crippen LogP contribution in [0.5, 0.6) is 5.75 Å². The Morgan fingerprint density at radius 1 is 1.16 bits per heavy atom. The van der Waals surface area contributed by atoms with Gasteiger partial charge in [-0.3, -0.25) is 0 Å². The molecular weight excluding hydrogens is 404 g/mol. The van der Waals surface area contributed by atoms with Gasteiger partial charge in [-0.2, -0.15) is 0 Å². The summed E-state index contributed by atoms with van der Waals surface area (Å²) in [6.07, 6.45) is 5.06. The number of ether oxygens (including phenoxy) is 1. The molecule has 0 aliphatic carbocycles. The van der Waals surface area contributed by atoms with Gasteiger partial charge in [-0.15, -0.1) is 0 Å². The Morgan fingerprint density at radius 3 is 2.72 bits per heavy atom. The molecule has 3 rings (SSSR count). The van der Waals surface area contributed by atoms with E-state index >= 15 is 0 Å². The Labute approximate surface area is 190 Å². The summed E-state index contributed by atoms with van der Waals surface area (Å²) >= 11 is 0. The van der Waals surface area contributed by atoms with E-state index < -0.39 is 11.6 Å². The van der Waals surface area contributed by atoms with Crippen molar-refractivity contribution >= 4 is 17.1 Å². The predicted octanol–water partition coefficient (Wildman–Crippen LogP) is 5.25. The van der Waals surface area contributed by atoms with Gasteiger partial charge in [-0.05, 0) is 88.4 Å². The number of carboxylic acids is 1. The molecule has 172 valence electrons. The topological polar surface area (TPSA) is 84.6 Å². The Bertz CT molecular complexity index is 979. The van der Waals surface area contributed by atoms with Crippen LogP contribution in [0.4, 0.5) is 0 Å². The van der Waals surface area contributed by atoms with E-state index in [1.54, 1.807) is 19.9 Å². The molecule has 0 spiro atoms. The van der Waals surface area contributed by atoms with Gasteiger partial charge in [0.25, 0.3) is 0 Å². The number of nitrogens with one attached hydrogen (secondary N) is 1. The van der Waals surface area contributed by atoms with Crippen LogP contribution in [0.2, 0.25) is 0 Å². The van der Waals surface area contributed by atoms with Gasteiger partial charge in [-0.25, -0.2) is 9.78 Å². The van der Waals surface area contributed by atoms with Gasteiger partial charge >= 0.3 is 5.97 Å². The number of nitrogens with zero attached hydrogens (tertiary/aromatic N) is 1. The third kappa shape index (κ3) is 7.09. The second-order valence-corrected chi connectivity index (χ2v) is 8.95. The predicted molar refractivity (Wildman–Crippen MR) is 126 cm³/mol. The number of aromatic nitrogens is 1. The van der Waals surface area contributed by atoms with E-state index in [-0.39, 0.29) is 0 Å². The fraction of sp³-hybridized carbons (Fsp3) is 0.462. The van der Waals surface area contributed by atoms with Gasteiger partial charge in [0.2, 0.25) is 0 Å². The molecule has 1 atom stereocenters. The minimum Gasteiger partial charge on any atom is -0.478 e. The average Bonchev–Trinajstić information content (AvgIpc) is 3.15.